The van der Waals surface area contributed by atoms with Gasteiger partial charge in [0, 0.05) is 19.8 Å². The lowest BCUT2D eigenvalue weighted by atomic mass is 10.00. The van der Waals surface area contributed by atoms with E-state index in [9.17, 15) is 4.79 Å². The molecule has 6 heteroatoms. The summed E-state index contributed by atoms with van der Waals surface area (Å²) in [5.41, 5.74) is 0.797. The second-order valence-electron chi connectivity index (χ2n) is 5.02. The van der Waals surface area contributed by atoms with Crippen molar-refractivity contribution in [2.45, 2.75) is 39.2 Å². The second kappa shape index (κ2) is 5.48. The molecule has 1 N–H and O–H groups in total. The van der Waals surface area contributed by atoms with Gasteiger partial charge in [0.2, 0.25) is 0 Å². The zero-order chi connectivity index (χ0) is 13.1. The second-order valence-corrected chi connectivity index (χ2v) is 5.02. The van der Waals surface area contributed by atoms with Crippen molar-refractivity contribution >= 4 is 5.97 Å². The molecule has 2 rings (SSSR count). The van der Waals surface area contributed by atoms with E-state index in [1.165, 1.54) is 0 Å². The molecule has 1 aliphatic heterocycles. The van der Waals surface area contributed by atoms with Gasteiger partial charge in [-0.05, 0) is 24.7 Å². The number of ether oxygens (including phenoxy) is 1. The Bertz CT molecular complexity index is 422. The minimum atomic E-state index is -1.00. The topological polar surface area (TPSA) is 77.2 Å². The summed E-state index contributed by atoms with van der Waals surface area (Å²) in [5, 5.41) is 16.9. The summed E-state index contributed by atoms with van der Waals surface area (Å²) in [7, 11) is 0. The van der Waals surface area contributed by atoms with Crippen LogP contribution in [0.5, 0.6) is 0 Å². The SMILES string of the molecule is CC(C)c1c(C(=O)O)nnn1CC1CCOCC1. The van der Waals surface area contributed by atoms with Crippen molar-refractivity contribution < 1.29 is 14.6 Å². The maximum atomic E-state index is 11.1. The molecule has 6 nitrogen and oxygen atoms in total. The quantitative estimate of drug-likeness (QED) is 0.880. The number of carbonyl (C=O) groups is 1. The van der Waals surface area contributed by atoms with E-state index in [-0.39, 0.29) is 11.6 Å². The third-order valence-electron chi connectivity index (χ3n) is 3.29. The Hall–Kier alpha value is -1.43. The van der Waals surface area contributed by atoms with E-state index in [0.717, 1.165) is 32.6 Å². The predicted molar refractivity (Wildman–Crippen MR) is 64.6 cm³/mol. The highest BCUT2D eigenvalue weighted by Gasteiger charge is 2.23. The Labute approximate surface area is 106 Å². The molecule has 0 aromatic carbocycles. The number of aromatic nitrogens is 3. The van der Waals surface area contributed by atoms with Gasteiger partial charge in [0.1, 0.15) is 0 Å². The fourth-order valence-corrected chi connectivity index (χ4v) is 2.35. The molecule has 100 valence electrons. The molecule has 0 bridgehead atoms. The highest BCUT2D eigenvalue weighted by molar-refractivity contribution is 5.86. The Balaban J connectivity index is 2.19. The predicted octanol–water partition coefficient (Wildman–Crippen LogP) is 1.53. The zero-order valence-corrected chi connectivity index (χ0v) is 10.8. The van der Waals surface area contributed by atoms with Crippen molar-refractivity contribution in [3.8, 4) is 0 Å². The number of nitrogens with zero attached hydrogens (tertiary/aromatic N) is 3. The first-order valence-electron chi connectivity index (χ1n) is 6.34. The van der Waals surface area contributed by atoms with Crippen LogP contribution in [0.15, 0.2) is 0 Å². The number of aromatic carboxylic acids is 1. The summed E-state index contributed by atoms with van der Waals surface area (Å²) in [6.07, 6.45) is 2.00. The van der Waals surface area contributed by atoms with Crippen LogP contribution in [0.1, 0.15) is 48.8 Å². The summed E-state index contributed by atoms with van der Waals surface area (Å²) in [5.74, 6) is -0.400. The average molecular weight is 253 g/mol. The number of carboxylic acid groups (broad SMARTS) is 1. The number of carboxylic acids is 1. The highest BCUT2D eigenvalue weighted by atomic mass is 16.5. The van der Waals surface area contributed by atoms with Crippen LogP contribution in [0.4, 0.5) is 0 Å². The molecule has 0 atom stereocenters. The summed E-state index contributed by atoms with van der Waals surface area (Å²) in [6, 6.07) is 0. The first-order chi connectivity index (χ1) is 8.59. The van der Waals surface area contributed by atoms with Gasteiger partial charge < -0.3 is 9.84 Å². The standard InChI is InChI=1S/C12H19N3O3/c1-8(2)11-10(12(16)17)13-14-15(11)7-9-3-5-18-6-4-9/h8-9H,3-7H2,1-2H3,(H,16,17). The van der Waals surface area contributed by atoms with E-state index >= 15 is 0 Å². The van der Waals surface area contributed by atoms with E-state index in [4.69, 9.17) is 9.84 Å². The fraction of sp³-hybridized carbons (Fsp3) is 0.750. The molecule has 1 aliphatic rings. The smallest absolute Gasteiger partial charge is 0.358 e. The van der Waals surface area contributed by atoms with Crippen molar-refractivity contribution in [2.75, 3.05) is 13.2 Å². The lowest BCUT2D eigenvalue weighted by molar-refractivity contribution is 0.0595. The Morgan fingerprint density at radius 3 is 2.72 bits per heavy atom. The third kappa shape index (κ3) is 2.69. The first-order valence-corrected chi connectivity index (χ1v) is 6.34. The lowest BCUT2D eigenvalue weighted by Crippen LogP contribution is -2.22. The normalized spacial score (nSPS) is 17.3. The van der Waals surface area contributed by atoms with Crippen LogP contribution >= 0.6 is 0 Å². The van der Waals surface area contributed by atoms with E-state index in [1.54, 1.807) is 4.68 Å². The zero-order valence-electron chi connectivity index (χ0n) is 10.8. The van der Waals surface area contributed by atoms with Gasteiger partial charge in [-0.2, -0.15) is 0 Å². The van der Waals surface area contributed by atoms with Crippen LogP contribution in [0, 0.1) is 5.92 Å². The highest BCUT2D eigenvalue weighted by Crippen LogP contribution is 2.22. The number of hydrogen-bond acceptors (Lipinski definition) is 4. The van der Waals surface area contributed by atoms with Crippen molar-refractivity contribution in [2.24, 2.45) is 5.92 Å². The Morgan fingerprint density at radius 1 is 1.50 bits per heavy atom. The lowest BCUT2D eigenvalue weighted by Gasteiger charge is -2.22. The van der Waals surface area contributed by atoms with Gasteiger partial charge in [-0.25, -0.2) is 9.48 Å². The molecule has 0 radical (unpaired) electrons. The average Bonchev–Trinajstić information content (AvgIpc) is 2.74. The van der Waals surface area contributed by atoms with Gasteiger partial charge in [-0.3, -0.25) is 0 Å². The van der Waals surface area contributed by atoms with Gasteiger partial charge in [0.25, 0.3) is 0 Å². The maximum absolute atomic E-state index is 11.1. The fourth-order valence-electron chi connectivity index (χ4n) is 2.35. The van der Waals surface area contributed by atoms with E-state index in [1.807, 2.05) is 13.8 Å². The summed E-state index contributed by atoms with van der Waals surface area (Å²) in [4.78, 5) is 11.1. The first kappa shape index (κ1) is 13.0. The number of hydrogen-bond donors (Lipinski definition) is 1. The Morgan fingerprint density at radius 2 is 2.17 bits per heavy atom. The van der Waals surface area contributed by atoms with Crippen LogP contribution in [-0.2, 0) is 11.3 Å². The minimum Gasteiger partial charge on any atom is -0.476 e. The van der Waals surface area contributed by atoms with Crippen LogP contribution in [0.25, 0.3) is 0 Å². The van der Waals surface area contributed by atoms with Gasteiger partial charge in [-0.1, -0.05) is 19.1 Å². The molecule has 1 saturated heterocycles. The molecule has 0 saturated carbocycles. The minimum absolute atomic E-state index is 0.0806. The molecular formula is C12H19N3O3. The van der Waals surface area contributed by atoms with E-state index in [2.05, 4.69) is 10.3 Å². The van der Waals surface area contributed by atoms with E-state index in [0.29, 0.717) is 11.6 Å². The van der Waals surface area contributed by atoms with E-state index < -0.39 is 5.97 Å². The van der Waals surface area contributed by atoms with Crippen LogP contribution < -0.4 is 0 Å². The molecule has 0 aliphatic carbocycles. The molecule has 18 heavy (non-hydrogen) atoms. The molecular weight excluding hydrogens is 234 g/mol. The van der Waals surface area contributed by atoms with Gasteiger partial charge in [-0.15, -0.1) is 5.10 Å². The molecule has 1 aromatic rings. The van der Waals surface area contributed by atoms with Crippen molar-refractivity contribution in [1.82, 2.24) is 15.0 Å². The molecule has 0 spiro atoms. The Kier molecular flexibility index (Phi) is 3.96. The van der Waals surface area contributed by atoms with Crippen molar-refractivity contribution in [3.63, 3.8) is 0 Å². The molecule has 0 unspecified atom stereocenters. The molecule has 1 aromatic heterocycles. The van der Waals surface area contributed by atoms with Crippen LogP contribution in [0.3, 0.4) is 0 Å². The summed E-state index contributed by atoms with van der Waals surface area (Å²) >= 11 is 0. The number of rotatable bonds is 4. The third-order valence-corrected chi connectivity index (χ3v) is 3.29. The molecule has 2 heterocycles. The van der Waals surface area contributed by atoms with Gasteiger partial charge in [0.05, 0.1) is 5.69 Å². The maximum Gasteiger partial charge on any atom is 0.358 e. The molecule has 1 fully saturated rings. The monoisotopic (exact) mass is 253 g/mol. The molecule has 0 amide bonds. The summed E-state index contributed by atoms with van der Waals surface area (Å²) < 4.78 is 7.07. The van der Waals surface area contributed by atoms with Crippen molar-refractivity contribution in [3.05, 3.63) is 11.4 Å². The van der Waals surface area contributed by atoms with Crippen molar-refractivity contribution in [1.29, 1.82) is 0 Å². The van der Waals surface area contributed by atoms with Gasteiger partial charge >= 0.3 is 5.97 Å². The van der Waals surface area contributed by atoms with Crippen LogP contribution in [0.2, 0.25) is 0 Å². The van der Waals surface area contributed by atoms with Gasteiger partial charge in [0.15, 0.2) is 5.69 Å². The summed E-state index contributed by atoms with van der Waals surface area (Å²) in [6.45, 7) is 6.22. The van der Waals surface area contributed by atoms with Crippen LogP contribution in [-0.4, -0.2) is 39.3 Å². The largest absolute Gasteiger partial charge is 0.476 e.